The summed E-state index contributed by atoms with van der Waals surface area (Å²) in [6.45, 7) is 6.73. The van der Waals surface area contributed by atoms with Crippen LogP contribution in [0.2, 0.25) is 0 Å². The van der Waals surface area contributed by atoms with E-state index < -0.39 is 15.8 Å². The summed E-state index contributed by atoms with van der Waals surface area (Å²) < 4.78 is 40.0. The zero-order valence-electron chi connectivity index (χ0n) is 12.7. The SMILES string of the molecule is Cc1cc(F)cc(C)c1S(=O)(=O)NCCC(=O)NC(C)C. The number of hydrogen-bond acceptors (Lipinski definition) is 3. The van der Waals surface area contributed by atoms with Crippen LogP contribution in [0.25, 0.3) is 0 Å². The third-order valence-corrected chi connectivity index (χ3v) is 4.55. The molecule has 0 radical (unpaired) electrons. The van der Waals surface area contributed by atoms with Crippen LogP contribution < -0.4 is 10.0 Å². The number of sulfonamides is 1. The van der Waals surface area contributed by atoms with Crippen molar-refractivity contribution in [3.63, 3.8) is 0 Å². The minimum absolute atomic E-state index is 0.00283. The van der Waals surface area contributed by atoms with E-state index in [4.69, 9.17) is 0 Å². The molecule has 0 saturated heterocycles. The summed E-state index contributed by atoms with van der Waals surface area (Å²) in [6, 6.07) is 2.36. The molecule has 0 spiro atoms. The van der Waals surface area contributed by atoms with Gasteiger partial charge in [0.25, 0.3) is 0 Å². The molecule has 0 aromatic heterocycles. The van der Waals surface area contributed by atoms with E-state index in [1.54, 1.807) is 0 Å². The van der Waals surface area contributed by atoms with Gasteiger partial charge in [-0.25, -0.2) is 17.5 Å². The summed E-state index contributed by atoms with van der Waals surface area (Å²) >= 11 is 0. The van der Waals surface area contributed by atoms with E-state index in [2.05, 4.69) is 10.0 Å². The number of aryl methyl sites for hydroxylation is 2. The van der Waals surface area contributed by atoms with Crippen LogP contribution in [-0.4, -0.2) is 26.9 Å². The first kappa shape index (κ1) is 17.6. The molecule has 0 bridgehead atoms. The molecule has 0 aliphatic heterocycles. The number of carbonyl (C=O) groups excluding carboxylic acids is 1. The highest BCUT2D eigenvalue weighted by Gasteiger charge is 2.20. The van der Waals surface area contributed by atoms with Crippen LogP contribution in [0.3, 0.4) is 0 Å². The van der Waals surface area contributed by atoms with Crippen molar-refractivity contribution < 1.29 is 17.6 Å². The molecule has 5 nitrogen and oxygen atoms in total. The van der Waals surface area contributed by atoms with Gasteiger partial charge in [0, 0.05) is 19.0 Å². The van der Waals surface area contributed by atoms with E-state index in [1.807, 2.05) is 13.8 Å². The van der Waals surface area contributed by atoms with Crippen molar-refractivity contribution in [2.45, 2.75) is 45.1 Å². The molecule has 0 aliphatic carbocycles. The predicted molar refractivity (Wildman–Crippen MR) is 79.0 cm³/mol. The lowest BCUT2D eigenvalue weighted by atomic mass is 10.1. The maximum atomic E-state index is 13.2. The lowest BCUT2D eigenvalue weighted by Gasteiger charge is -2.13. The van der Waals surface area contributed by atoms with E-state index in [1.165, 1.54) is 26.0 Å². The number of rotatable bonds is 6. The van der Waals surface area contributed by atoms with Crippen LogP contribution in [0, 0.1) is 19.7 Å². The van der Waals surface area contributed by atoms with E-state index in [0.29, 0.717) is 11.1 Å². The van der Waals surface area contributed by atoms with Crippen molar-refractivity contribution >= 4 is 15.9 Å². The Morgan fingerprint density at radius 3 is 2.24 bits per heavy atom. The van der Waals surface area contributed by atoms with E-state index in [0.717, 1.165) is 0 Å². The molecule has 2 N–H and O–H groups in total. The number of hydrogen-bond donors (Lipinski definition) is 2. The summed E-state index contributed by atoms with van der Waals surface area (Å²) in [6.07, 6.45) is 0.0523. The average molecular weight is 316 g/mol. The first-order valence-corrected chi connectivity index (χ1v) is 8.17. The second kappa shape index (κ2) is 7.00. The Morgan fingerprint density at radius 2 is 1.76 bits per heavy atom. The highest BCUT2D eigenvalue weighted by molar-refractivity contribution is 7.89. The van der Waals surface area contributed by atoms with Gasteiger partial charge in [-0.2, -0.15) is 0 Å². The van der Waals surface area contributed by atoms with Gasteiger partial charge in [0.15, 0.2) is 0 Å². The minimum Gasteiger partial charge on any atom is -0.354 e. The summed E-state index contributed by atoms with van der Waals surface area (Å²) in [7, 11) is -3.76. The Morgan fingerprint density at radius 1 is 1.24 bits per heavy atom. The fraction of sp³-hybridized carbons (Fsp3) is 0.500. The van der Waals surface area contributed by atoms with E-state index in [-0.39, 0.29) is 29.8 Å². The molecule has 1 aromatic rings. The van der Waals surface area contributed by atoms with E-state index >= 15 is 0 Å². The van der Waals surface area contributed by atoms with Gasteiger partial charge in [0.05, 0.1) is 4.90 Å². The molecular weight excluding hydrogens is 295 g/mol. The number of carbonyl (C=O) groups is 1. The molecule has 0 fully saturated rings. The molecular formula is C14H21FN2O3S. The minimum atomic E-state index is -3.76. The fourth-order valence-corrected chi connectivity index (χ4v) is 3.57. The Balaban J connectivity index is 2.77. The summed E-state index contributed by atoms with van der Waals surface area (Å²) in [5.74, 6) is -0.694. The molecule has 0 saturated carbocycles. The van der Waals surface area contributed by atoms with E-state index in [9.17, 15) is 17.6 Å². The molecule has 0 aliphatic rings. The van der Waals surface area contributed by atoms with Gasteiger partial charge in [-0.3, -0.25) is 4.79 Å². The van der Waals surface area contributed by atoms with Gasteiger partial charge in [0.1, 0.15) is 5.82 Å². The summed E-state index contributed by atoms with van der Waals surface area (Å²) in [4.78, 5) is 11.5. The molecule has 118 valence electrons. The van der Waals surface area contributed by atoms with Crippen LogP contribution in [0.4, 0.5) is 4.39 Å². The van der Waals surface area contributed by atoms with Crippen molar-refractivity contribution in [3.05, 3.63) is 29.1 Å². The first-order valence-electron chi connectivity index (χ1n) is 6.69. The molecule has 1 aromatic carbocycles. The first-order chi connectivity index (χ1) is 9.63. The average Bonchev–Trinajstić information content (AvgIpc) is 2.24. The monoisotopic (exact) mass is 316 g/mol. The van der Waals surface area contributed by atoms with Crippen molar-refractivity contribution in [1.29, 1.82) is 0 Å². The summed E-state index contributed by atoms with van der Waals surface area (Å²) in [5.41, 5.74) is 0.679. The lowest BCUT2D eigenvalue weighted by molar-refractivity contribution is -0.121. The van der Waals surface area contributed by atoms with Gasteiger partial charge < -0.3 is 5.32 Å². The molecule has 0 atom stereocenters. The zero-order chi connectivity index (χ0) is 16.2. The van der Waals surface area contributed by atoms with Crippen LogP contribution in [0.1, 0.15) is 31.4 Å². The Bertz CT molecular complexity index is 604. The number of benzene rings is 1. The third kappa shape index (κ3) is 5.09. The van der Waals surface area contributed by atoms with Crippen LogP contribution in [0.5, 0.6) is 0 Å². The second-order valence-corrected chi connectivity index (χ2v) is 6.94. The fourth-order valence-electron chi connectivity index (χ4n) is 2.09. The number of amides is 1. The Hall–Kier alpha value is -1.47. The molecule has 1 amide bonds. The summed E-state index contributed by atoms with van der Waals surface area (Å²) in [5, 5.41) is 2.68. The smallest absolute Gasteiger partial charge is 0.241 e. The quantitative estimate of drug-likeness (QED) is 0.837. The largest absolute Gasteiger partial charge is 0.354 e. The highest BCUT2D eigenvalue weighted by Crippen LogP contribution is 2.21. The molecule has 7 heteroatoms. The van der Waals surface area contributed by atoms with Gasteiger partial charge >= 0.3 is 0 Å². The topological polar surface area (TPSA) is 75.3 Å². The van der Waals surface area contributed by atoms with Crippen molar-refractivity contribution in [2.75, 3.05) is 6.54 Å². The standard InChI is InChI=1S/C14H21FN2O3S/c1-9(2)17-13(18)5-6-16-21(19,20)14-10(3)7-12(15)8-11(14)4/h7-9,16H,5-6H2,1-4H3,(H,17,18). The van der Waals surface area contributed by atoms with Gasteiger partial charge in [-0.05, 0) is 51.0 Å². The maximum absolute atomic E-state index is 13.2. The normalized spacial score (nSPS) is 11.7. The second-order valence-electron chi connectivity index (χ2n) is 5.24. The Labute approximate surface area is 125 Å². The third-order valence-electron chi connectivity index (χ3n) is 2.79. The molecule has 21 heavy (non-hydrogen) atoms. The number of halogens is 1. The van der Waals surface area contributed by atoms with Crippen LogP contribution >= 0.6 is 0 Å². The van der Waals surface area contributed by atoms with Crippen LogP contribution in [0.15, 0.2) is 17.0 Å². The van der Waals surface area contributed by atoms with Crippen molar-refractivity contribution in [2.24, 2.45) is 0 Å². The predicted octanol–water partition coefficient (Wildman–Crippen LogP) is 1.64. The number of nitrogens with one attached hydrogen (secondary N) is 2. The van der Waals surface area contributed by atoms with Gasteiger partial charge in [-0.15, -0.1) is 0 Å². The molecule has 0 unspecified atom stereocenters. The van der Waals surface area contributed by atoms with Crippen molar-refractivity contribution in [1.82, 2.24) is 10.0 Å². The molecule has 1 rings (SSSR count). The van der Waals surface area contributed by atoms with Crippen LogP contribution in [-0.2, 0) is 14.8 Å². The maximum Gasteiger partial charge on any atom is 0.241 e. The molecule has 0 heterocycles. The van der Waals surface area contributed by atoms with Crippen molar-refractivity contribution in [3.8, 4) is 0 Å². The lowest BCUT2D eigenvalue weighted by Crippen LogP contribution is -2.34. The zero-order valence-corrected chi connectivity index (χ0v) is 13.5. The highest BCUT2D eigenvalue weighted by atomic mass is 32.2. The van der Waals surface area contributed by atoms with Gasteiger partial charge in [0.2, 0.25) is 15.9 Å². The Kier molecular flexibility index (Phi) is 5.86. The van der Waals surface area contributed by atoms with Gasteiger partial charge in [-0.1, -0.05) is 0 Å².